The van der Waals surface area contributed by atoms with Crippen LogP contribution >= 0.6 is 11.8 Å². The highest BCUT2D eigenvalue weighted by Crippen LogP contribution is 2.23. The van der Waals surface area contributed by atoms with Crippen molar-refractivity contribution >= 4 is 17.7 Å². The van der Waals surface area contributed by atoms with Crippen molar-refractivity contribution in [3.8, 4) is 0 Å². The highest BCUT2D eigenvalue weighted by molar-refractivity contribution is 8.00. The van der Waals surface area contributed by atoms with Gasteiger partial charge in [-0.25, -0.2) is 0 Å². The number of thioether (sulfide) groups is 1. The zero-order valence-corrected chi connectivity index (χ0v) is 13.2. The third kappa shape index (κ3) is 5.94. The van der Waals surface area contributed by atoms with Gasteiger partial charge in [-0.15, -0.1) is 11.8 Å². The van der Waals surface area contributed by atoms with Crippen LogP contribution in [-0.2, 0) is 14.3 Å². The van der Waals surface area contributed by atoms with Crippen LogP contribution in [0.4, 0.5) is 0 Å². The normalized spacial score (nSPS) is 12.2. The third-order valence-corrected chi connectivity index (χ3v) is 3.95. The Labute approximate surface area is 125 Å². The zero-order valence-electron chi connectivity index (χ0n) is 12.4. The molecule has 4 nitrogen and oxygen atoms in total. The Balaban J connectivity index is 2.57. The van der Waals surface area contributed by atoms with Crippen molar-refractivity contribution in [2.75, 3.05) is 40.5 Å². The molecule has 0 aliphatic heterocycles. The first kappa shape index (κ1) is 17.0. The molecule has 1 unspecified atom stereocenters. The highest BCUT2D eigenvalue weighted by atomic mass is 32.2. The average Bonchev–Trinajstić information content (AvgIpc) is 2.48. The van der Waals surface area contributed by atoms with E-state index in [4.69, 9.17) is 9.47 Å². The number of methoxy groups -OCH3 is 2. The smallest absolute Gasteiger partial charge is 0.235 e. The Bertz CT molecular complexity index is 378. The monoisotopic (exact) mass is 297 g/mol. The Morgan fingerprint density at radius 2 is 1.70 bits per heavy atom. The summed E-state index contributed by atoms with van der Waals surface area (Å²) in [5.41, 5.74) is 0. The SMILES string of the molecule is COCCN(CCOC)C(=O)C(C)Sc1ccccc1. The molecule has 1 aromatic carbocycles. The first-order chi connectivity index (χ1) is 9.69. The predicted octanol–water partition coefficient (Wildman–Crippen LogP) is 2.29. The minimum absolute atomic E-state index is 0.118. The molecule has 0 aromatic heterocycles. The zero-order chi connectivity index (χ0) is 14.8. The van der Waals surface area contributed by atoms with E-state index in [2.05, 4.69) is 0 Å². The molecule has 0 bridgehead atoms. The molecule has 0 N–H and O–H groups in total. The molecule has 1 rings (SSSR count). The van der Waals surface area contributed by atoms with Gasteiger partial charge in [0.25, 0.3) is 0 Å². The lowest BCUT2D eigenvalue weighted by Gasteiger charge is -2.25. The Morgan fingerprint density at radius 1 is 1.15 bits per heavy atom. The molecule has 0 radical (unpaired) electrons. The number of rotatable bonds is 9. The van der Waals surface area contributed by atoms with Gasteiger partial charge < -0.3 is 14.4 Å². The van der Waals surface area contributed by atoms with Crippen LogP contribution in [-0.4, -0.2) is 56.6 Å². The van der Waals surface area contributed by atoms with E-state index < -0.39 is 0 Å². The first-order valence-electron chi connectivity index (χ1n) is 6.67. The second kappa shape index (κ2) is 9.80. The van der Waals surface area contributed by atoms with Crippen LogP contribution in [0.1, 0.15) is 6.92 Å². The van der Waals surface area contributed by atoms with Gasteiger partial charge in [0.1, 0.15) is 0 Å². The highest BCUT2D eigenvalue weighted by Gasteiger charge is 2.21. The standard InChI is InChI=1S/C15H23NO3S/c1-13(20-14-7-5-4-6-8-14)15(17)16(9-11-18-2)10-12-19-3/h4-8,13H,9-12H2,1-3H3. The van der Waals surface area contributed by atoms with Crippen molar-refractivity contribution in [2.24, 2.45) is 0 Å². The van der Waals surface area contributed by atoms with Crippen LogP contribution in [0.2, 0.25) is 0 Å². The number of hydrogen-bond acceptors (Lipinski definition) is 4. The van der Waals surface area contributed by atoms with E-state index in [-0.39, 0.29) is 11.2 Å². The van der Waals surface area contributed by atoms with Crippen LogP contribution in [0.15, 0.2) is 35.2 Å². The molecule has 0 saturated heterocycles. The van der Waals surface area contributed by atoms with E-state index in [0.29, 0.717) is 26.3 Å². The molecule has 1 atom stereocenters. The third-order valence-electron chi connectivity index (χ3n) is 2.85. The summed E-state index contributed by atoms with van der Waals surface area (Å²) < 4.78 is 10.1. The second-order valence-electron chi connectivity index (χ2n) is 4.38. The largest absolute Gasteiger partial charge is 0.383 e. The van der Waals surface area contributed by atoms with Crippen molar-refractivity contribution in [3.05, 3.63) is 30.3 Å². The molecule has 0 aliphatic rings. The molecule has 0 saturated carbocycles. The first-order valence-corrected chi connectivity index (χ1v) is 7.55. The van der Waals surface area contributed by atoms with E-state index in [1.807, 2.05) is 37.3 Å². The molecule has 20 heavy (non-hydrogen) atoms. The molecular weight excluding hydrogens is 274 g/mol. The van der Waals surface area contributed by atoms with Crippen LogP contribution in [0.5, 0.6) is 0 Å². The Hall–Kier alpha value is -1.04. The van der Waals surface area contributed by atoms with Crippen LogP contribution in [0, 0.1) is 0 Å². The van der Waals surface area contributed by atoms with Gasteiger partial charge in [-0.2, -0.15) is 0 Å². The maximum absolute atomic E-state index is 12.5. The lowest BCUT2D eigenvalue weighted by Crippen LogP contribution is -2.40. The topological polar surface area (TPSA) is 38.8 Å². The maximum Gasteiger partial charge on any atom is 0.235 e. The lowest BCUT2D eigenvalue weighted by molar-refractivity contribution is -0.131. The van der Waals surface area contributed by atoms with E-state index >= 15 is 0 Å². The summed E-state index contributed by atoms with van der Waals surface area (Å²) in [6, 6.07) is 9.96. The number of amides is 1. The van der Waals surface area contributed by atoms with Crippen LogP contribution < -0.4 is 0 Å². The van der Waals surface area contributed by atoms with Gasteiger partial charge in [-0.1, -0.05) is 18.2 Å². The molecular formula is C15H23NO3S. The van der Waals surface area contributed by atoms with E-state index in [1.165, 1.54) is 0 Å². The fraction of sp³-hybridized carbons (Fsp3) is 0.533. The minimum Gasteiger partial charge on any atom is -0.383 e. The number of benzene rings is 1. The van der Waals surface area contributed by atoms with Crippen molar-refractivity contribution in [1.82, 2.24) is 4.90 Å². The van der Waals surface area contributed by atoms with Gasteiger partial charge in [0, 0.05) is 32.2 Å². The number of carbonyl (C=O) groups is 1. The van der Waals surface area contributed by atoms with E-state index in [1.54, 1.807) is 30.9 Å². The Morgan fingerprint density at radius 3 is 2.20 bits per heavy atom. The van der Waals surface area contributed by atoms with E-state index in [0.717, 1.165) is 4.90 Å². The minimum atomic E-state index is -0.119. The van der Waals surface area contributed by atoms with Gasteiger partial charge >= 0.3 is 0 Å². The quantitative estimate of drug-likeness (QED) is 0.656. The number of nitrogens with zero attached hydrogens (tertiary/aromatic N) is 1. The number of ether oxygens (including phenoxy) is 2. The van der Waals surface area contributed by atoms with Crippen molar-refractivity contribution in [1.29, 1.82) is 0 Å². The van der Waals surface area contributed by atoms with Crippen molar-refractivity contribution in [2.45, 2.75) is 17.1 Å². The van der Waals surface area contributed by atoms with Crippen LogP contribution in [0.3, 0.4) is 0 Å². The molecule has 5 heteroatoms. The molecule has 112 valence electrons. The lowest BCUT2D eigenvalue weighted by atomic mass is 10.3. The molecule has 1 aromatic rings. The van der Waals surface area contributed by atoms with Crippen molar-refractivity contribution < 1.29 is 14.3 Å². The summed E-state index contributed by atoms with van der Waals surface area (Å²) in [4.78, 5) is 15.4. The fourth-order valence-corrected chi connectivity index (χ4v) is 2.72. The maximum atomic E-state index is 12.5. The average molecular weight is 297 g/mol. The second-order valence-corrected chi connectivity index (χ2v) is 5.80. The summed E-state index contributed by atoms with van der Waals surface area (Å²) in [5, 5.41) is -0.119. The van der Waals surface area contributed by atoms with Crippen LogP contribution in [0.25, 0.3) is 0 Å². The summed E-state index contributed by atoms with van der Waals surface area (Å²) in [6.45, 7) is 4.21. The fourth-order valence-electron chi connectivity index (χ4n) is 1.75. The molecule has 0 heterocycles. The van der Waals surface area contributed by atoms with Gasteiger partial charge in [-0.05, 0) is 19.1 Å². The van der Waals surface area contributed by atoms with Crippen molar-refractivity contribution in [3.63, 3.8) is 0 Å². The molecule has 0 spiro atoms. The predicted molar refractivity (Wildman–Crippen MR) is 82.1 cm³/mol. The summed E-state index contributed by atoms with van der Waals surface area (Å²) in [5.74, 6) is 0.118. The van der Waals surface area contributed by atoms with Gasteiger partial charge in [-0.3, -0.25) is 4.79 Å². The van der Waals surface area contributed by atoms with E-state index in [9.17, 15) is 4.79 Å². The Kier molecular flexibility index (Phi) is 8.34. The molecule has 0 aliphatic carbocycles. The summed E-state index contributed by atoms with van der Waals surface area (Å²) in [7, 11) is 3.28. The molecule has 1 amide bonds. The van der Waals surface area contributed by atoms with Gasteiger partial charge in [0.2, 0.25) is 5.91 Å². The van der Waals surface area contributed by atoms with Gasteiger partial charge in [0.05, 0.1) is 18.5 Å². The molecule has 0 fully saturated rings. The number of carbonyl (C=O) groups excluding carboxylic acids is 1. The summed E-state index contributed by atoms with van der Waals surface area (Å²) >= 11 is 1.57. The summed E-state index contributed by atoms with van der Waals surface area (Å²) in [6.07, 6.45) is 0. The van der Waals surface area contributed by atoms with Gasteiger partial charge in [0.15, 0.2) is 0 Å². The number of hydrogen-bond donors (Lipinski definition) is 0.